The number of ether oxygens (including phenoxy) is 1. The van der Waals surface area contributed by atoms with Gasteiger partial charge in [0.15, 0.2) is 6.10 Å². The normalized spacial score (nSPS) is 19.1. The first kappa shape index (κ1) is 12.3. The van der Waals surface area contributed by atoms with Crippen molar-refractivity contribution in [2.75, 3.05) is 25.1 Å². The molecule has 1 aromatic rings. The molecule has 1 unspecified atom stereocenters. The minimum absolute atomic E-state index is 0.186. The molecule has 1 aliphatic heterocycles. The summed E-state index contributed by atoms with van der Waals surface area (Å²) in [5.74, 6) is 5.15. The molecule has 1 amide bonds. The fraction of sp³-hybridized carbons (Fsp3) is 0.364. The molecule has 2 rings (SSSR count). The summed E-state index contributed by atoms with van der Waals surface area (Å²) in [7, 11) is 0. The van der Waals surface area contributed by atoms with Crippen LogP contribution in [0.15, 0.2) is 18.5 Å². The van der Waals surface area contributed by atoms with Gasteiger partial charge in [-0.25, -0.2) is 0 Å². The van der Waals surface area contributed by atoms with E-state index in [-0.39, 0.29) is 12.5 Å². The Morgan fingerprint density at radius 2 is 2.56 bits per heavy atom. The van der Waals surface area contributed by atoms with E-state index in [0.717, 1.165) is 0 Å². The minimum atomic E-state index is -0.571. The lowest BCUT2D eigenvalue weighted by molar-refractivity contribution is 0.00350. The van der Waals surface area contributed by atoms with Gasteiger partial charge in [0.1, 0.15) is 0 Å². The van der Waals surface area contributed by atoms with Crippen molar-refractivity contribution in [3.05, 3.63) is 24.0 Å². The van der Waals surface area contributed by atoms with E-state index in [1.165, 1.54) is 12.4 Å². The van der Waals surface area contributed by atoms with Gasteiger partial charge in [-0.1, -0.05) is 0 Å². The summed E-state index contributed by atoms with van der Waals surface area (Å²) in [6.07, 6.45) is 2.44. The Morgan fingerprint density at radius 1 is 1.72 bits per heavy atom. The van der Waals surface area contributed by atoms with Gasteiger partial charge in [0, 0.05) is 12.7 Å². The number of nitrogen functional groups attached to an aromatic ring is 1. The topological polar surface area (TPSA) is 104 Å². The lowest BCUT2D eigenvalue weighted by Crippen LogP contribution is -2.45. The van der Waals surface area contributed by atoms with Crippen molar-refractivity contribution < 1.29 is 9.53 Å². The van der Waals surface area contributed by atoms with Crippen LogP contribution in [0.5, 0.6) is 0 Å². The van der Waals surface area contributed by atoms with Crippen LogP contribution in [-0.2, 0) is 4.74 Å². The average Bonchev–Trinajstić information content (AvgIpc) is 2.46. The smallest absolute Gasteiger partial charge is 0.256 e. The molecule has 1 atom stereocenters. The number of hydrazine groups is 1. The lowest BCUT2D eigenvalue weighted by atomic mass is 10.2. The number of nitriles is 1. The molecule has 1 aromatic heterocycles. The Bertz CT molecular complexity index is 485. The molecule has 1 fully saturated rings. The SMILES string of the molecule is N#CC1CN(C(=O)c2ccncc2NN)CCO1. The molecular weight excluding hydrogens is 234 g/mol. The van der Waals surface area contributed by atoms with Gasteiger partial charge in [0.05, 0.1) is 36.7 Å². The van der Waals surface area contributed by atoms with E-state index in [1.807, 2.05) is 6.07 Å². The summed E-state index contributed by atoms with van der Waals surface area (Å²) in [4.78, 5) is 17.7. The van der Waals surface area contributed by atoms with Crippen molar-refractivity contribution in [1.82, 2.24) is 9.88 Å². The number of hydrogen-bond donors (Lipinski definition) is 2. The zero-order valence-corrected chi connectivity index (χ0v) is 9.67. The Kier molecular flexibility index (Phi) is 3.72. The maximum Gasteiger partial charge on any atom is 0.256 e. The summed E-state index contributed by atoms with van der Waals surface area (Å²) in [6.45, 7) is 1.09. The molecule has 3 N–H and O–H groups in total. The number of amides is 1. The lowest BCUT2D eigenvalue weighted by Gasteiger charge is -2.30. The number of anilines is 1. The van der Waals surface area contributed by atoms with Crippen molar-refractivity contribution >= 4 is 11.6 Å². The van der Waals surface area contributed by atoms with E-state index in [4.69, 9.17) is 15.8 Å². The number of carbonyl (C=O) groups is 1. The Balaban J connectivity index is 2.18. The fourth-order valence-electron chi connectivity index (χ4n) is 1.78. The average molecular weight is 247 g/mol. The van der Waals surface area contributed by atoms with Crippen molar-refractivity contribution in [2.24, 2.45) is 5.84 Å². The van der Waals surface area contributed by atoms with E-state index < -0.39 is 6.10 Å². The highest BCUT2D eigenvalue weighted by molar-refractivity contribution is 5.99. The van der Waals surface area contributed by atoms with E-state index in [2.05, 4.69) is 10.4 Å². The van der Waals surface area contributed by atoms with Crippen LogP contribution in [0.1, 0.15) is 10.4 Å². The third-order valence-electron chi connectivity index (χ3n) is 2.70. The summed E-state index contributed by atoms with van der Waals surface area (Å²) in [5.41, 5.74) is 3.33. The fourth-order valence-corrected chi connectivity index (χ4v) is 1.78. The van der Waals surface area contributed by atoms with Gasteiger partial charge in [0.2, 0.25) is 0 Å². The predicted molar refractivity (Wildman–Crippen MR) is 63.3 cm³/mol. The number of morpholine rings is 1. The maximum atomic E-state index is 12.3. The zero-order chi connectivity index (χ0) is 13.0. The number of hydrogen-bond acceptors (Lipinski definition) is 6. The molecule has 0 aromatic carbocycles. The molecule has 1 saturated heterocycles. The number of rotatable bonds is 2. The number of aromatic nitrogens is 1. The third-order valence-corrected chi connectivity index (χ3v) is 2.70. The number of nitrogens with two attached hydrogens (primary N) is 1. The molecule has 1 aliphatic rings. The van der Waals surface area contributed by atoms with Gasteiger partial charge in [0.25, 0.3) is 5.91 Å². The molecule has 0 spiro atoms. The van der Waals surface area contributed by atoms with E-state index in [1.54, 1.807) is 11.0 Å². The van der Waals surface area contributed by atoms with E-state index >= 15 is 0 Å². The van der Waals surface area contributed by atoms with Crippen LogP contribution in [-0.4, -0.2) is 41.6 Å². The van der Waals surface area contributed by atoms with Gasteiger partial charge in [-0.3, -0.25) is 15.6 Å². The molecule has 2 heterocycles. The predicted octanol–water partition coefficient (Wildman–Crippen LogP) is -0.268. The monoisotopic (exact) mass is 247 g/mol. The second-order valence-electron chi connectivity index (χ2n) is 3.81. The Morgan fingerprint density at radius 3 is 3.28 bits per heavy atom. The van der Waals surface area contributed by atoms with Crippen LogP contribution >= 0.6 is 0 Å². The first-order valence-electron chi connectivity index (χ1n) is 5.47. The number of carbonyl (C=O) groups excluding carboxylic acids is 1. The molecular formula is C11H13N5O2. The van der Waals surface area contributed by atoms with Crippen LogP contribution in [0, 0.1) is 11.3 Å². The molecule has 0 bridgehead atoms. The maximum absolute atomic E-state index is 12.3. The summed E-state index contributed by atoms with van der Waals surface area (Å²) in [5, 5.41) is 8.81. The molecule has 18 heavy (non-hydrogen) atoms. The first-order valence-corrected chi connectivity index (χ1v) is 5.47. The van der Waals surface area contributed by atoms with Crippen molar-refractivity contribution in [1.29, 1.82) is 5.26 Å². The third kappa shape index (κ3) is 2.40. The quantitative estimate of drug-likeness (QED) is 0.550. The molecule has 7 nitrogen and oxygen atoms in total. The van der Waals surface area contributed by atoms with E-state index in [0.29, 0.717) is 24.4 Å². The van der Waals surface area contributed by atoms with E-state index in [9.17, 15) is 4.79 Å². The van der Waals surface area contributed by atoms with Gasteiger partial charge >= 0.3 is 0 Å². The zero-order valence-electron chi connectivity index (χ0n) is 9.67. The Hall–Kier alpha value is -2.17. The van der Waals surface area contributed by atoms with Crippen molar-refractivity contribution in [3.63, 3.8) is 0 Å². The number of pyridine rings is 1. The first-order chi connectivity index (χ1) is 8.76. The minimum Gasteiger partial charge on any atom is -0.360 e. The second kappa shape index (κ2) is 5.44. The molecule has 94 valence electrons. The summed E-state index contributed by atoms with van der Waals surface area (Å²) >= 11 is 0. The van der Waals surface area contributed by atoms with Crippen molar-refractivity contribution in [3.8, 4) is 6.07 Å². The summed E-state index contributed by atoms with van der Waals surface area (Å²) < 4.78 is 5.19. The van der Waals surface area contributed by atoms with Crippen molar-refractivity contribution in [2.45, 2.75) is 6.10 Å². The standard InChI is InChI=1S/C11H13N5O2/c12-5-8-7-16(3-4-18-8)11(17)9-1-2-14-6-10(9)15-13/h1-2,6,8,15H,3-4,7,13H2. The highest BCUT2D eigenvalue weighted by Gasteiger charge is 2.26. The molecule has 7 heteroatoms. The molecule has 0 radical (unpaired) electrons. The molecule has 0 saturated carbocycles. The number of nitrogens with one attached hydrogen (secondary N) is 1. The Labute approximate surface area is 104 Å². The highest BCUT2D eigenvalue weighted by Crippen LogP contribution is 2.16. The van der Waals surface area contributed by atoms with Crippen LogP contribution in [0.3, 0.4) is 0 Å². The van der Waals surface area contributed by atoms with Gasteiger partial charge < -0.3 is 15.1 Å². The molecule has 0 aliphatic carbocycles. The largest absolute Gasteiger partial charge is 0.360 e. The second-order valence-corrected chi connectivity index (χ2v) is 3.81. The van der Waals surface area contributed by atoms with Crippen LogP contribution in [0.2, 0.25) is 0 Å². The number of nitrogens with zero attached hydrogens (tertiary/aromatic N) is 3. The van der Waals surface area contributed by atoms with Gasteiger partial charge in [-0.05, 0) is 6.07 Å². The van der Waals surface area contributed by atoms with Gasteiger partial charge in [-0.15, -0.1) is 0 Å². The van der Waals surface area contributed by atoms with Crippen LogP contribution < -0.4 is 11.3 Å². The van der Waals surface area contributed by atoms with Gasteiger partial charge in [-0.2, -0.15) is 5.26 Å². The van der Waals surface area contributed by atoms with Crippen LogP contribution in [0.25, 0.3) is 0 Å². The highest BCUT2D eigenvalue weighted by atomic mass is 16.5. The van der Waals surface area contributed by atoms with Crippen LogP contribution in [0.4, 0.5) is 5.69 Å². The summed E-state index contributed by atoms with van der Waals surface area (Å²) in [6, 6.07) is 3.59.